The number of hydrogen-bond donors (Lipinski definition) is 0. The van der Waals surface area contributed by atoms with Crippen LogP contribution in [0.2, 0.25) is 0 Å². The van der Waals surface area contributed by atoms with Crippen LogP contribution in [-0.2, 0) is 0 Å². The van der Waals surface area contributed by atoms with Crippen LogP contribution in [0.3, 0.4) is 0 Å². The minimum Gasteiger partial charge on any atom is -0.0891 e. The average molecular weight is 191 g/mol. The lowest BCUT2D eigenvalue weighted by Crippen LogP contribution is -2.36. The van der Waals surface area contributed by atoms with Gasteiger partial charge in [-0.25, -0.2) is 0 Å². The molecule has 0 spiro atoms. The molecular weight excluding hydrogens is 180 g/mol. The first-order valence-electron chi connectivity index (χ1n) is 4.77. The molecule has 0 aromatic carbocycles. The van der Waals surface area contributed by atoms with E-state index in [9.17, 15) is 0 Å². The summed E-state index contributed by atoms with van der Waals surface area (Å²) < 4.78 is 0. The van der Waals surface area contributed by atoms with Crippen molar-refractivity contribution in [2.24, 2.45) is 23.7 Å². The predicted octanol–water partition coefficient (Wildman–Crippen LogP) is 3.28. The number of rotatable bonds is 0. The van der Waals surface area contributed by atoms with Crippen LogP contribution in [0.1, 0.15) is 0 Å². The van der Waals surface area contributed by atoms with Crippen molar-refractivity contribution < 1.29 is 0 Å². The summed E-state index contributed by atoms with van der Waals surface area (Å²) in [5.74, 6) is 2.33. The van der Waals surface area contributed by atoms with E-state index in [1.807, 2.05) is 0 Å². The molecule has 2 bridgehead atoms. The third kappa shape index (κ3) is 0.986. The highest BCUT2D eigenvalue weighted by Crippen LogP contribution is 2.50. The van der Waals surface area contributed by atoms with Gasteiger partial charge in [-0.1, -0.05) is 54.1 Å². The summed E-state index contributed by atoms with van der Waals surface area (Å²) in [4.78, 5) is 0. The minimum atomic E-state index is 0.531. The van der Waals surface area contributed by atoms with E-state index in [4.69, 9.17) is 11.6 Å². The molecule has 3 aliphatic rings. The summed E-state index contributed by atoms with van der Waals surface area (Å²) in [6, 6.07) is 0. The molecule has 66 valence electrons. The molecule has 0 heterocycles. The topological polar surface area (TPSA) is 0 Å². The molecule has 0 saturated carbocycles. The highest BCUT2D eigenvalue weighted by molar-refractivity contribution is 6.30. The van der Waals surface area contributed by atoms with E-state index in [0.717, 1.165) is 5.03 Å². The summed E-state index contributed by atoms with van der Waals surface area (Å²) in [5.41, 5.74) is 0. The SMILES string of the molecule is ClC1=C[C@H]2[C@@H]1[C@@H]1C=C/C=C/[C@@H]2C=C1. The Bertz CT molecular complexity index is 346. The Morgan fingerprint density at radius 2 is 1.62 bits per heavy atom. The first-order valence-corrected chi connectivity index (χ1v) is 5.14. The fraction of sp³-hybridized carbons (Fsp3) is 0.333. The summed E-state index contributed by atoms with van der Waals surface area (Å²) in [5, 5.41) is 1.06. The second-order valence-corrected chi connectivity index (χ2v) is 4.40. The third-order valence-electron chi connectivity index (χ3n) is 3.28. The van der Waals surface area contributed by atoms with E-state index >= 15 is 0 Å². The zero-order valence-corrected chi connectivity index (χ0v) is 7.98. The lowest BCUT2D eigenvalue weighted by atomic mass is 9.63. The fourth-order valence-corrected chi connectivity index (χ4v) is 2.96. The van der Waals surface area contributed by atoms with Gasteiger partial charge in [0, 0.05) is 22.8 Å². The van der Waals surface area contributed by atoms with Crippen molar-refractivity contribution in [1.29, 1.82) is 0 Å². The largest absolute Gasteiger partial charge is 0.0891 e. The van der Waals surface area contributed by atoms with Crippen molar-refractivity contribution in [1.82, 2.24) is 0 Å². The molecule has 0 fully saturated rings. The summed E-state index contributed by atoms with van der Waals surface area (Å²) >= 11 is 6.11. The normalized spacial score (nSPS) is 47.3. The smallest absolute Gasteiger partial charge is 0.0190 e. The van der Waals surface area contributed by atoms with E-state index < -0.39 is 0 Å². The van der Waals surface area contributed by atoms with Gasteiger partial charge in [-0.3, -0.25) is 0 Å². The van der Waals surface area contributed by atoms with Crippen LogP contribution in [0.25, 0.3) is 0 Å². The van der Waals surface area contributed by atoms with Crippen molar-refractivity contribution in [3.63, 3.8) is 0 Å². The van der Waals surface area contributed by atoms with Crippen molar-refractivity contribution in [2.75, 3.05) is 0 Å². The zero-order valence-electron chi connectivity index (χ0n) is 7.23. The van der Waals surface area contributed by atoms with Crippen LogP contribution in [0.15, 0.2) is 47.6 Å². The van der Waals surface area contributed by atoms with Crippen LogP contribution in [0.5, 0.6) is 0 Å². The van der Waals surface area contributed by atoms with Gasteiger partial charge in [0.25, 0.3) is 0 Å². The number of hydrogen-bond acceptors (Lipinski definition) is 0. The molecule has 4 atom stereocenters. The van der Waals surface area contributed by atoms with Gasteiger partial charge in [-0.2, -0.15) is 0 Å². The van der Waals surface area contributed by atoms with Gasteiger partial charge in [0.15, 0.2) is 0 Å². The third-order valence-corrected chi connectivity index (χ3v) is 3.66. The summed E-state index contributed by atoms with van der Waals surface area (Å²) in [6.07, 6.45) is 15.6. The van der Waals surface area contributed by atoms with E-state index in [0.29, 0.717) is 23.7 Å². The number of halogens is 1. The highest BCUT2D eigenvalue weighted by atomic mass is 35.5. The monoisotopic (exact) mass is 190 g/mol. The van der Waals surface area contributed by atoms with Gasteiger partial charge in [-0.15, -0.1) is 0 Å². The van der Waals surface area contributed by atoms with Gasteiger partial charge >= 0.3 is 0 Å². The van der Waals surface area contributed by atoms with Crippen molar-refractivity contribution in [3.8, 4) is 0 Å². The van der Waals surface area contributed by atoms with Crippen molar-refractivity contribution >= 4 is 11.6 Å². The first kappa shape index (κ1) is 7.64. The fourth-order valence-electron chi connectivity index (χ4n) is 2.52. The Balaban J connectivity index is 2.08. The summed E-state index contributed by atoms with van der Waals surface area (Å²) in [6.45, 7) is 0. The summed E-state index contributed by atoms with van der Waals surface area (Å²) in [7, 11) is 0. The van der Waals surface area contributed by atoms with E-state index in [1.54, 1.807) is 0 Å². The molecule has 0 saturated heterocycles. The molecule has 0 radical (unpaired) electrons. The van der Waals surface area contributed by atoms with Crippen LogP contribution in [0.4, 0.5) is 0 Å². The van der Waals surface area contributed by atoms with E-state index in [2.05, 4.69) is 42.5 Å². The average Bonchev–Trinajstić information content (AvgIpc) is 2.06. The molecule has 0 nitrogen and oxygen atoms in total. The minimum absolute atomic E-state index is 0.531. The quantitative estimate of drug-likeness (QED) is 0.515. The number of allylic oxidation sites excluding steroid dienone is 8. The van der Waals surface area contributed by atoms with Gasteiger partial charge in [0.1, 0.15) is 0 Å². The molecule has 0 aliphatic heterocycles. The molecule has 0 aromatic rings. The molecule has 0 unspecified atom stereocenters. The molecule has 0 amide bonds. The zero-order chi connectivity index (χ0) is 8.84. The van der Waals surface area contributed by atoms with Gasteiger partial charge in [-0.05, 0) is 5.92 Å². The lowest BCUT2D eigenvalue weighted by molar-refractivity contribution is 0.304. The molecule has 3 aliphatic carbocycles. The Hall–Kier alpha value is -0.750. The van der Waals surface area contributed by atoms with Gasteiger partial charge < -0.3 is 0 Å². The molecule has 3 rings (SSSR count). The maximum atomic E-state index is 6.11. The maximum absolute atomic E-state index is 6.11. The predicted molar refractivity (Wildman–Crippen MR) is 55.3 cm³/mol. The second-order valence-electron chi connectivity index (χ2n) is 3.96. The molecule has 0 aromatic heterocycles. The highest BCUT2D eigenvalue weighted by Gasteiger charge is 2.41. The Morgan fingerprint density at radius 1 is 0.923 bits per heavy atom. The molecule has 13 heavy (non-hydrogen) atoms. The molecule has 1 heteroatoms. The van der Waals surface area contributed by atoms with Crippen molar-refractivity contribution in [3.05, 3.63) is 47.6 Å². The molecular formula is C12H11Cl. The molecule has 0 N–H and O–H groups in total. The Kier molecular flexibility index (Phi) is 1.54. The lowest BCUT2D eigenvalue weighted by Gasteiger charge is -2.43. The van der Waals surface area contributed by atoms with Crippen LogP contribution in [0, 0.1) is 23.7 Å². The van der Waals surface area contributed by atoms with E-state index in [-0.39, 0.29) is 0 Å². The van der Waals surface area contributed by atoms with Crippen LogP contribution in [-0.4, -0.2) is 0 Å². The Morgan fingerprint density at radius 3 is 2.38 bits per heavy atom. The van der Waals surface area contributed by atoms with Crippen LogP contribution >= 0.6 is 11.6 Å². The maximum Gasteiger partial charge on any atom is 0.0190 e. The van der Waals surface area contributed by atoms with Crippen molar-refractivity contribution in [2.45, 2.75) is 0 Å². The van der Waals surface area contributed by atoms with E-state index in [1.165, 1.54) is 0 Å². The standard InChI is InChI=1S/C12H11Cl/c13-11-7-10-8-3-1-2-4-9(6-5-8)12(10)11/h1-10,12H/b3-1+,4-2?/t8-,9-,10-,12+/m1/s1. The first-order chi connectivity index (χ1) is 6.36. The van der Waals surface area contributed by atoms with Gasteiger partial charge in [0.05, 0.1) is 0 Å². The Labute approximate surface area is 83.3 Å². The second kappa shape index (κ2) is 2.62. The van der Waals surface area contributed by atoms with Gasteiger partial charge in [0.2, 0.25) is 0 Å². The van der Waals surface area contributed by atoms with Crippen LogP contribution < -0.4 is 0 Å².